The van der Waals surface area contributed by atoms with E-state index in [9.17, 15) is 18.8 Å². The van der Waals surface area contributed by atoms with Crippen molar-refractivity contribution in [3.8, 4) is 0 Å². The van der Waals surface area contributed by atoms with Crippen LogP contribution in [0.5, 0.6) is 0 Å². The average molecular weight is 281 g/mol. The molecule has 0 bridgehead atoms. The van der Waals surface area contributed by atoms with Crippen LogP contribution in [0, 0.1) is 5.82 Å². The van der Waals surface area contributed by atoms with E-state index < -0.39 is 29.6 Å². The number of fused-ring (bicyclic) bond motifs is 1. The Balaban J connectivity index is 2.48. The van der Waals surface area contributed by atoms with Crippen molar-refractivity contribution in [2.75, 3.05) is 19.0 Å². The van der Waals surface area contributed by atoms with E-state index in [1.807, 2.05) is 0 Å². The van der Waals surface area contributed by atoms with Gasteiger partial charge in [0.2, 0.25) is 5.91 Å². The Labute approximate surface area is 113 Å². The smallest absolute Gasteiger partial charge is 0.340 e. The number of nitrogens with one attached hydrogen (secondary N) is 1. The topological polar surface area (TPSA) is 81.7 Å². The molecule has 1 aliphatic rings. The summed E-state index contributed by atoms with van der Waals surface area (Å²) in [5, 5.41) is 2.38. The number of rotatable bonds is 3. The first-order valence-electron chi connectivity index (χ1n) is 5.88. The molecular formula is C13H12FNO5. The molecule has 1 atom stereocenters. The first-order chi connectivity index (χ1) is 9.49. The molecule has 1 heterocycles. The van der Waals surface area contributed by atoms with Crippen LogP contribution in [0.15, 0.2) is 12.1 Å². The van der Waals surface area contributed by atoms with Crippen molar-refractivity contribution in [1.82, 2.24) is 0 Å². The highest BCUT2D eigenvalue weighted by atomic mass is 19.1. The van der Waals surface area contributed by atoms with Crippen molar-refractivity contribution in [3.05, 3.63) is 29.1 Å². The van der Waals surface area contributed by atoms with Crippen LogP contribution in [0.2, 0.25) is 0 Å². The number of carbonyl (C=O) groups excluding carboxylic acids is 3. The van der Waals surface area contributed by atoms with Crippen LogP contribution in [0.1, 0.15) is 28.8 Å². The van der Waals surface area contributed by atoms with Crippen molar-refractivity contribution in [2.45, 2.75) is 12.8 Å². The van der Waals surface area contributed by atoms with Crippen LogP contribution >= 0.6 is 0 Å². The van der Waals surface area contributed by atoms with Gasteiger partial charge in [-0.1, -0.05) is 0 Å². The SMILES string of the molecule is CCOC(=O)C1C(=O)Nc2cc(F)c(C(=O)OC)cc21. The van der Waals surface area contributed by atoms with Crippen LogP contribution in [0.25, 0.3) is 0 Å². The average Bonchev–Trinajstić information content (AvgIpc) is 2.72. The molecule has 6 nitrogen and oxygen atoms in total. The number of carbonyl (C=O) groups is 3. The van der Waals surface area contributed by atoms with Gasteiger partial charge in [0.1, 0.15) is 5.82 Å². The van der Waals surface area contributed by atoms with Crippen LogP contribution < -0.4 is 5.32 Å². The third-order valence-electron chi connectivity index (χ3n) is 2.90. The number of hydrogen-bond donors (Lipinski definition) is 1. The monoisotopic (exact) mass is 281 g/mol. The molecule has 0 radical (unpaired) electrons. The third kappa shape index (κ3) is 2.22. The van der Waals surface area contributed by atoms with Crippen molar-refractivity contribution in [2.24, 2.45) is 0 Å². The predicted molar refractivity (Wildman–Crippen MR) is 65.7 cm³/mol. The number of methoxy groups -OCH3 is 1. The molecule has 1 aliphatic heterocycles. The minimum Gasteiger partial charge on any atom is -0.465 e. The molecule has 0 spiro atoms. The normalized spacial score (nSPS) is 16.4. The zero-order valence-corrected chi connectivity index (χ0v) is 10.9. The highest BCUT2D eigenvalue weighted by Gasteiger charge is 2.39. The Kier molecular flexibility index (Phi) is 3.69. The van der Waals surface area contributed by atoms with E-state index in [4.69, 9.17) is 4.74 Å². The molecule has 20 heavy (non-hydrogen) atoms. The van der Waals surface area contributed by atoms with Gasteiger partial charge in [0.25, 0.3) is 0 Å². The Morgan fingerprint density at radius 2 is 2.10 bits per heavy atom. The lowest BCUT2D eigenvalue weighted by Crippen LogP contribution is -2.23. The maximum absolute atomic E-state index is 13.7. The molecule has 1 amide bonds. The van der Waals surface area contributed by atoms with Crippen LogP contribution in [0.3, 0.4) is 0 Å². The van der Waals surface area contributed by atoms with E-state index in [-0.39, 0.29) is 23.4 Å². The molecule has 2 rings (SSSR count). The van der Waals surface area contributed by atoms with E-state index in [0.717, 1.165) is 19.2 Å². The number of benzene rings is 1. The minimum atomic E-state index is -1.20. The summed E-state index contributed by atoms with van der Waals surface area (Å²) in [6, 6.07) is 2.12. The zero-order chi connectivity index (χ0) is 14.9. The van der Waals surface area contributed by atoms with Gasteiger partial charge in [-0.05, 0) is 19.1 Å². The van der Waals surface area contributed by atoms with Crippen LogP contribution in [-0.2, 0) is 19.1 Å². The maximum atomic E-state index is 13.7. The molecule has 1 aromatic carbocycles. The fourth-order valence-electron chi connectivity index (χ4n) is 2.01. The van der Waals surface area contributed by atoms with Gasteiger partial charge in [0.05, 0.1) is 19.3 Å². The number of hydrogen-bond acceptors (Lipinski definition) is 5. The van der Waals surface area contributed by atoms with Crippen molar-refractivity contribution in [3.63, 3.8) is 0 Å². The fraction of sp³-hybridized carbons (Fsp3) is 0.308. The van der Waals surface area contributed by atoms with Crippen molar-refractivity contribution < 1.29 is 28.2 Å². The summed E-state index contributed by atoms with van der Waals surface area (Å²) in [5.74, 6) is -4.27. The Bertz CT molecular complexity index is 599. The van der Waals surface area contributed by atoms with Gasteiger partial charge < -0.3 is 14.8 Å². The van der Waals surface area contributed by atoms with Crippen LogP contribution in [-0.4, -0.2) is 31.6 Å². The summed E-state index contributed by atoms with van der Waals surface area (Å²) in [4.78, 5) is 35.0. The fourth-order valence-corrected chi connectivity index (χ4v) is 2.01. The molecule has 0 aliphatic carbocycles. The number of esters is 2. The molecule has 106 valence electrons. The van der Waals surface area contributed by atoms with E-state index in [1.54, 1.807) is 6.92 Å². The largest absolute Gasteiger partial charge is 0.465 e. The molecule has 1 aromatic rings. The summed E-state index contributed by atoms with van der Waals surface area (Å²) in [6.07, 6.45) is 0. The van der Waals surface area contributed by atoms with Gasteiger partial charge in [-0.3, -0.25) is 9.59 Å². The molecule has 0 saturated carbocycles. The summed E-state index contributed by atoms with van der Waals surface area (Å²) < 4.78 is 23.0. The van der Waals surface area contributed by atoms with Crippen molar-refractivity contribution >= 4 is 23.5 Å². The highest BCUT2D eigenvalue weighted by molar-refractivity contribution is 6.15. The summed E-state index contributed by atoms with van der Waals surface area (Å²) >= 11 is 0. The van der Waals surface area contributed by atoms with Gasteiger partial charge in [-0.25, -0.2) is 9.18 Å². The lowest BCUT2D eigenvalue weighted by molar-refractivity contribution is -0.147. The zero-order valence-electron chi connectivity index (χ0n) is 10.9. The maximum Gasteiger partial charge on any atom is 0.340 e. The highest BCUT2D eigenvalue weighted by Crippen LogP contribution is 2.35. The number of ether oxygens (including phenoxy) is 2. The second kappa shape index (κ2) is 5.28. The first-order valence-corrected chi connectivity index (χ1v) is 5.88. The lowest BCUT2D eigenvalue weighted by atomic mass is 9.98. The van der Waals surface area contributed by atoms with Gasteiger partial charge in [0.15, 0.2) is 5.92 Å². The quantitative estimate of drug-likeness (QED) is 0.665. The minimum absolute atomic E-state index is 0.114. The standard InChI is InChI=1S/C13H12FNO5/c1-3-20-13(18)10-7-4-6(12(17)19-2)8(14)5-9(7)15-11(10)16/h4-5,10H,3H2,1-2H3,(H,15,16). The second-order valence-electron chi connectivity index (χ2n) is 4.09. The molecule has 7 heteroatoms. The molecule has 0 saturated heterocycles. The molecule has 1 unspecified atom stereocenters. The molecular weight excluding hydrogens is 269 g/mol. The summed E-state index contributed by atoms with van der Waals surface area (Å²) in [6.45, 7) is 1.72. The van der Waals surface area contributed by atoms with Gasteiger partial charge in [-0.15, -0.1) is 0 Å². The van der Waals surface area contributed by atoms with E-state index in [0.29, 0.717) is 0 Å². The van der Waals surface area contributed by atoms with Gasteiger partial charge >= 0.3 is 11.9 Å². The van der Waals surface area contributed by atoms with E-state index in [2.05, 4.69) is 10.1 Å². The number of halogens is 1. The second-order valence-corrected chi connectivity index (χ2v) is 4.09. The Morgan fingerprint density at radius 1 is 1.40 bits per heavy atom. The number of anilines is 1. The van der Waals surface area contributed by atoms with Gasteiger partial charge in [0, 0.05) is 11.3 Å². The van der Waals surface area contributed by atoms with E-state index >= 15 is 0 Å². The summed E-state index contributed by atoms with van der Waals surface area (Å²) in [7, 11) is 1.11. The molecule has 0 fully saturated rings. The van der Waals surface area contributed by atoms with Crippen LogP contribution in [0.4, 0.5) is 10.1 Å². The van der Waals surface area contributed by atoms with Gasteiger partial charge in [-0.2, -0.15) is 0 Å². The van der Waals surface area contributed by atoms with Crippen molar-refractivity contribution in [1.29, 1.82) is 0 Å². The Morgan fingerprint density at radius 3 is 2.70 bits per heavy atom. The molecule has 1 N–H and O–H groups in total. The number of amides is 1. The molecule has 0 aromatic heterocycles. The summed E-state index contributed by atoms with van der Waals surface area (Å²) in [5.41, 5.74) is 0.0190. The predicted octanol–water partition coefficient (Wildman–Crippen LogP) is 1.21. The lowest BCUT2D eigenvalue weighted by Gasteiger charge is -2.09. The Hall–Kier alpha value is -2.44. The third-order valence-corrected chi connectivity index (χ3v) is 2.90. The van der Waals surface area contributed by atoms with E-state index in [1.165, 1.54) is 0 Å². The first kappa shape index (κ1) is 14.0.